The van der Waals surface area contributed by atoms with E-state index in [-0.39, 0.29) is 12.4 Å². The number of ether oxygens (including phenoxy) is 2. The molecule has 0 heterocycles. The van der Waals surface area contributed by atoms with E-state index in [1.165, 1.54) is 18.2 Å². The second kappa shape index (κ2) is 8.41. The zero-order valence-electron chi connectivity index (χ0n) is 15.3. The fourth-order valence-electron chi connectivity index (χ4n) is 2.69. The van der Waals surface area contributed by atoms with Crippen molar-refractivity contribution in [3.8, 4) is 17.2 Å². The largest absolute Gasteiger partial charge is 0.488 e. The first-order valence-corrected chi connectivity index (χ1v) is 9.16. The molecule has 0 aromatic heterocycles. The van der Waals surface area contributed by atoms with Gasteiger partial charge in [-0.25, -0.2) is 13.2 Å². The maximum Gasteiger partial charge on any atom is 0.207 e. The van der Waals surface area contributed by atoms with Crippen LogP contribution in [0.1, 0.15) is 16.7 Å². The van der Waals surface area contributed by atoms with Gasteiger partial charge in [-0.2, -0.15) is 8.78 Å². The van der Waals surface area contributed by atoms with Crippen molar-refractivity contribution < 1.29 is 31.4 Å². The lowest BCUT2D eigenvalue weighted by Gasteiger charge is -2.14. The summed E-state index contributed by atoms with van der Waals surface area (Å²) in [5.74, 6) is -11.3. The SMILES string of the molecule is Cc1cccc(C)c1OCc1cc(Oc2c(F)c(F)c(F)c(F)c2F)ccc1Br. The van der Waals surface area contributed by atoms with Crippen LogP contribution in [0.5, 0.6) is 17.2 Å². The van der Waals surface area contributed by atoms with Gasteiger partial charge in [-0.1, -0.05) is 34.1 Å². The molecule has 29 heavy (non-hydrogen) atoms. The predicted molar refractivity (Wildman–Crippen MR) is 101 cm³/mol. The number of halogens is 6. The number of para-hydroxylation sites is 1. The van der Waals surface area contributed by atoms with Crippen LogP contribution in [0.3, 0.4) is 0 Å². The molecule has 0 aliphatic rings. The standard InChI is InChI=1S/C21H14BrF5O2/c1-10-4-3-5-11(2)20(10)28-9-12-8-13(6-7-14(12)22)29-21-18(26)16(24)15(23)17(25)19(21)27/h3-8H,9H2,1-2H3. The van der Waals surface area contributed by atoms with Crippen LogP contribution in [-0.4, -0.2) is 0 Å². The van der Waals surface area contributed by atoms with Gasteiger partial charge in [0.15, 0.2) is 0 Å². The zero-order valence-corrected chi connectivity index (χ0v) is 16.8. The molecular weight excluding hydrogens is 459 g/mol. The third-order valence-electron chi connectivity index (χ3n) is 4.19. The Labute approximate surface area is 172 Å². The highest BCUT2D eigenvalue weighted by molar-refractivity contribution is 9.10. The molecule has 0 saturated carbocycles. The summed E-state index contributed by atoms with van der Waals surface area (Å²) in [4.78, 5) is 0. The summed E-state index contributed by atoms with van der Waals surface area (Å²) in [5, 5.41) is 0. The van der Waals surface area contributed by atoms with Crippen LogP contribution in [0.25, 0.3) is 0 Å². The highest BCUT2D eigenvalue weighted by atomic mass is 79.9. The Bertz CT molecular complexity index is 1040. The molecule has 152 valence electrons. The van der Waals surface area contributed by atoms with E-state index in [9.17, 15) is 22.0 Å². The molecule has 0 N–H and O–H groups in total. The first-order valence-electron chi connectivity index (χ1n) is 8.37. The lowest BCUT2D eigenvalue weighted by molar-refractivity contribution is 0.300. The second-order valence-corrected chi connectivity index (χ2v) is 7.12. The van der Waals surface area contributed by atoms with Crippen molar-refractivity contribution in [2.75, 3.05) is 0 Å². The van der Waals surface area contributed by atoms with E-state index in [4.69, 9.17) is 9.47 Å². The van der Waals surface area contributed by atoms with Crippen molar-refractivity contribution in [3.05, 3.63) is 86.6 Å². The van der Waals surface area contributed by atoms with Crippen molar-refractivity contribution in [3.63, 3.8) is 0 Å². The van der Waals surface area contributed by atoms with Crippen LogP contribution in [0.4, 0.5) is 22.0 Å². The highest BCUT2D eigenvalue weighted by Gasteiger charge is 2.27. The van der Waals surface area contributed by atoms with Crippen molar-refractivity contribution in [2.24, 2.45) is 0 Å². The molecule has 3 rings (SSSR count). The maximum atomic E-state index is 13.8. The van der Waals surface area contributed by atoms with Crippen molar-refractivity contribution in [2.45, 2.75) is 20.5 Å². The minimum absolute atomic E-state index is 0.0839. The maximum absolute atomic E-state index is 13.8. The Balaban J connectivity index is 1.89. The van der Waals surface area contributed by atoms with Gasteiger partial charge in [-0.3, -0.25) is 0 Å². The minimum Gasteiger partial charge on any atom is -0.488 e. The fourth-order valence-corrected chi connectivity index (χ4v) is 3.06. The zero-order chi connectivity index (χ0) is 21.3. The van der Waals surface area contributed by atoms with Crippen molar-refractivity contribution in [1.82, 2.24) is 0 Å². The average molecular weight is 473 g/mol. The molecule has 2 nitrogen and oxygen atoms in total. The molecule has 0 atom stereocenters. The first-order chi connectivity index (χ1) is 13.7. The molecule has 8 heteroatoms. The van der Waals surface area contributed by atoms with Gasteiger partial charge in [0.2, 0.25) is 34.8 Å². The number of hydrogen-bond donors (Lipinski definition) is 0. The molecule has 3 aromatic rings. The Morgan fingerprint density at radius 1 is 0.759 bits per heavy atom. The van der Waals surface area contributed by atoms with E-state index in [2.05, 4.69) is 15.9 Å². The number of benzene rings is 3. The minimum atomic E-state index is -2.24. The summed E-state index contributed by atoms with van der Waals surface area (Å²) < 4.78 is 79.0. The Morgan fingerprint density at radius 3 is 1.90 bits per heavy atom. The van der Waals surface area contributed by atoms with Crippen LogP contribution >= 0.6 is 15.9 Å². The first kappa shape index (κ1) is 21.1. The van der Waals surface area contributed by atoms with E-state index in [1.54, 1.807) is 0 Å². The molecule has 0 radical (unpaired) electrons. The molecule has 0 unspecified atom stereocenters. The predicted octanol–water partition coefficient (Wildman–Crippen LogP) is 7.13. The lowest BCUT2D eigenvalue weighted by Crippen LogP contribution is -2.04. The summed E-state index contributed by atoms with van der Waals surface area (Å²) in [5.41, 5.74) is 2.40. The molecule has 0 aliphatic carbocycles. The van der Waals surface area contributed by atoms with Gasteiger partial charge >= 0.3 is 0 Å². The van der Waals surface area contributed by atoms with E-state index in [0.717, 1.165) is 11.1 Å². The van der Waals surface area contributed by atoms with Crippen LogP contribution in [0.15, 0.2) is 40.9 Å². The van der Waals surface area contributed by atoms with E-state index < -0.39 is 34.8 Å². The van der Waals surface area contributed by atoms with Gasteiger partial charge < -0.3 is 9.47 Å². The van der Waals surface area contributed by atoms with Crippen molar-refractivity contribution in [1.29, 1.82) is 0 Å². The van der Waals surface area contributed by atoms with Crippen LogP contribution in [0, 0.1) is 42.9 Å². The summed E-state index contributed by atoms with van der Waals surface area (Å²) in [6.07, 6.45) is 0. The molecule has 0 amide bonds. The summed E-state index contributed by atoms with van der Waals surface area (Å²) in [6.45, 7) is 3.86. The smallest absolute Gasteiger partial charge is 0.207 e. The topological polar surface area (TPSA) is 18.5 Å². The Kier molecular flexibility index (Phi) is 6.12. The Hall–Kier alpha value is -2.61. The lowest BCUT2D eigenvalue weighted by atomic mass is 10.1. The van der Waals surface area contributed by atoms with Gasteiger partial charge in [0.25, 0.3) is 0 Å². The third-order valence-corrected chi connectivity index (χ3v) is 4.96. The van der Waals surface area contributed by atoms with Gasteiger partial charge in [0.05, 0.1) is 0 Å². The fraction of sp³-hybridized carbons (Fsp3) is 0.143. The molecule has 0 bridgehead atoms. The number of hydrogen-bond acceptors (Lipinski definition) is 2. The molecule has 0 spiro atoms. The monoisotopic (exact) mass is 472 g/mol. The molecular formula is C21H14BrF5O2. The second-order valence-electron chi connectivity index (χ2n) is 6.26. The van der Waals surface area contributed by atoms with E-state index >= 15 is 0 Å². The molecule has 3 aromatic carbocycles. The van der Waals surface area contributed by atoms with E-state index in [0.29, 0.717) is 15.8 Å². The number of aryl methyl sites for hydroxylation is 2. The van der Waals surface area contributed by atoms with Crippen LogP contribution in [-0.2, 0) is 6.61 Å². The summed E-state index contributed by atoms with van der Waals surface area (Å²) in [6, 6.07) is 9.90. The van der Waals surface area contributed by atoms with Gasteiger partial charge in [-0.05, 0) is 43.2 Å². The van der Waals surface area contributed by atoms with Gasteiger partial charge in [0.1, 0.15) is 18.1 Å². The molecule has 0 fully saturated rings. The summed E-state index contributed by atoms with van der Waals surface area (Å²) in [7, 11) is 0. The number of rotatable bonds is 5. The van der Waals surface area contributed by atoms with E-state index in [1.807, 2.05) is 32.0 Å². The molecule has 0 saturated heterocycles. The molecule has 0 aliphatic heterocycles. The highest BCUT2D eigenvalue weighted by Crippen LogP contribution is 2.34. The Morgan fingerprint density at radius 2 is 1.31 bits per heavy atom. The van der Waals surface area contributed by atoms with Crippen LogP contribution < -0.4 is 9.47 Å². The normalized spacial score (nSPS) is 10.9. The summed E-state index contributed by atoms with van der Waals surface area (Å²) >= 11 is 3.33. The van der Waals surface area contributed by atoms with Gasteiger partial charge in [-0.15, -0.1) is 0 Å². The van der Waals surface area contributed by atoms with Crippen molar-refractivity contribution >= 4 is 15.9 Å². The van der Waals surface area contributed by atoms with Crippen LogP contribution in [0.2, 0.25) is 0 Å². The quantitative estimate of drug-likeness (QED) is 0.223. The van der Waals surface area contributed by atoms with Gasteiger partial charge in [0, 0.05) is 10.0 Å². The third kappa shape index (κ3) is 4.22. The average Bonchev–Trinajstić information content (AvgIpc) is 2.69.